The van der Waals surface area contributed by atoms with Gasteiger partial charge in [-0.2, -0.15) is 0 Å². The molecule has 0 amide bonds. The molecule has 2 rings (SSSR count). The number of halogens is 3. The molecule has 1 aromatic carbocycles. The number of benzene rings is 1. The topological polar surface area (TPSA) is 20.2 Å². The smallest absolute Gasteiger partial charge is 0.131 e. The predicted molar refractivity (Wildman–Crippen MR) is 71.8 cm³/mol. The summed E-state index contributed by atoms with van der Waals surface area (Å²) in [5.74, 6) is -1.30. The lowest BCUT2D eigenvalue weighted by molar-refractivity contribution is 0.174. The standard InChI is InChI=1S/C13H11BrF2OS/c1-7-4-9(11(16)6-10(7)15)12(17)5-8-2-3-13(14)18-8/h2-4,6,12,17H,5H2,1H3. The Kier molecular flexibility index (Phi) is 4.14. The first-order chi connectivity index (χ1) is 8.47. The average molecular weight is 333 g/mol. The minimum atomic E-state index is -0.963. The van der Waals surface area contributed by atoms with Crippen LogP contribution in [0.5, 0.6) is 0 Å². The molecule has 0 saturated carbocycles. The molecule has 0 bridgehead atoms. The van der Waals surface area contributed by atoms with E-state index in [9.17, 15) is 13.9 Å². The third kappa shape index (κ3) is 2.96. The summed E-state index contributed by atoms with van der Waals surface area (Å²) in [6.45, 7) is 1.55. The maximum atomic E-state index is 13.6. The van der Waals surface area contributed by atoms with Gasteiger partial charge in [-0.25, -0.2) is 8.78 Å². The van der Waals surface area contributed by atoms with Crippen molar-refractivity contribution < 1.29 is 13.9 Å². The van der Waals surface area contributed by atoms with Crippen LogP contribution < -0.4 is 0 Å². The highest BCUT2D eigenvalue weighted by atomic mass is 79.9. The van der Waals surface area contributed by atoms with Gasteiger partial charge >= 0.3 is 0 Å². The van der Waals surface area contributed by atoms with Gasteiger partial charge in [-0.05, 0) is 46.6 Å². The second-order valence-electron chi connectivity index (χ2n) is 4.05. The fourth-order valence-corrected chi connectivity index (χ4v) is 3.22. The molecule has 5 heteroatoms. The van der Waals surface area contributed by atoms with Crippen molar-refractivity contribution in [2.45, 2.75) is 19.4 Å². The number of hydrogen-bond donors (Lipinski definition) is 1. The molecule has 1 aromatic heterocycles. The molecule has 0 fully saturated rings. The maximum absolute atomic E-state index is 13.6. The van der Waals surface area contributed by atoms with Crippen LogP contribution in [0.3, 0.4) is 0 Å². The number of aliphatic hydroxyl groups excluding tert-OH is 1. The quantitative estimate of drug-likeness (QED) is 0.884. The number of aryl methyl sites for hydroxylation is 1. The summed E-state index contributed by atoms with van der Waals surface area (Å²) in [5, 5.41) is 10.0. The van der Waals surface area contributed by atoms with Gasteiger partial charge in [0.25, 0.3) is 0 Å². The Balaban J connectivity index is 2.23. The van der Waals surface area contributed by atoms with Crippen LogP contribution in [0.2, 0.25) is 0 Å². The van der Waals surface area contributed by atoms with E-state index in [-0.39, 0.29) is 5.56 Å². The lowest BCUT2D eigenvalue weighted by atomic mass is 10.0. The van der Waals surface area contributed by atoms with Crippen LogP contribution >= 0.6 is 27.3 Å². The SMILES string of the molecule is Cc1cc(C(O)Cc2ccc(Br)s2)c(F)cc1F. The Labute approximate surface area is 116 Å². The average Bonchev–Trinajstić information content (AvgIpc) is 2.69. The minimum Gasteiger partial charge on any atom is -0.388 e. The van der Waals surface area contributed by atoms with Crippen molar-refractivity contribution >= 4 is 27.3 Å². The maximum Gasteiger partial charge on any atom is 0.131 e. The van der Waals surface area contributed by atoms with Gasteiger partial charge in [0.2, 0.25) is 0 Å². The number of thiophene rings is 1. The van der Waals surface area contributed by atoms with Gasteiger partial charge in [-0.15, -0.1) is 11.3 Å². The van der Waals surface area contributed by atoms with Crippen LogP contribution in [0.1, 0.15) is 22.1 Å². The second kappa shape index (κ2) is 5.47. The van der Waals surface area contributed by atoms with Crippen LogP contribution in [0.25, 0.3) is 0 Å². The summed E-state index contributed by atoms with van der Waals surface area (Å²) in [6.07, 6.45) is -0.645. The van der Waals surface area contributed by atoms with Crippen molar-refractivity contribution in [3.63, 3.8) is 0 Å². The van der Waals surface area contributed by atoms with Crippen molar-refractivity contribution in [3.05, 3.63) is 55.7 Å². The zero-order valence-corrected chi connectivity index (χ0v) is 12.0. The lowest BCUT2D eigenvalue weighted by Crippen LogP contribution is -2.05. The van der Waals surface area contributed by atoms with Gasteiger partial charge in [-0.1, -0.05) is 0 Å². The van der Waals surface area contributed by atoms with Gasteiger partial charge in [0, 0.05) is 22.9 Å². The van der Waals surface area contributed by atoms with E-state index in [1.165, 1.54) is 17.4 Å². The monoisotopic (exact) mass is 332 g/mol. The van der Waals surface area contributed by atoms with E-state index in [0.29, 0.717) is 12.0 Å². The third-order valence-electron chi connectivity index (χ3n) is 2.66. The first-order valence-corrected chi connectivity index (χ1v) is 6.96. The molecule has 0 aliphatic rings. The summed E-state index contributed by atoms with van der Waals surface area (Å²) in [4.78, 5) is 0.941. The summed E-state index contributed by atoms with van der Waals surface area (Å²) in [7, 11) is 0. The minimum absolute atomic E-state index is 0.137. The second-order valence-corrected chi connectivity index (χ2v) is 6.60. The number of hydrogen-bond acceptors (Lipinski definition) is 2. The molecule has 0 radical (unpaired) electrons. The zero-order chi connectivity index (χ0) is 13.3. The molecular formula is C13H11BrF2OS. The number of rotatable bonds is 3. The predicted octanol–water partition coefficient (Wildman–Crippen LogP) is 4.37. The van der Waals surface area contributed by atoms with Crippen LogP contribution in [0.4, 0.5) is 8.78 Å². The van der Waals surface area contributed by atoms with Gasteiger partial charge in [0.05, 0.1) is 9.89 Å². The van der Waals surface area contributed by atoms with Crippen molar-refractivity contribution in [1.82, 2.24) is 0 Å². The van der Waals surface area contributed by atoms with Crippen molar-refractivity contribution in [3.8, 4) is 0 Å². The van der Waals surface area contributed by atoms with Gasteiger partial charge in [-0.3, -0.25) is 0 Å². The normalized spacial score (nSPS) is 12.7. The Morgan fingerprint density at radius 3 is 2.61 bits per heavy atom. The van der Waals surface area contributed by atoms with E-state index in [1.807, 2.05) is 12.1 Å². The van der Waals surface area contributed by atoms with Gasteiger partial charge in [0.15, 0.2) is 0 Å². The van der Waals surface area contributed by atoms with Gasteiger partial charge in [0.1, 0.15) is 11.6 Å². The third-order valence-corrected chi connectivity index (χ3v) is 4.31. The summed E-state index contributed by atoms with van der Waals surface area (Å²) >= 11 is 4.81. The van der Waals surface area contributed by atoms with Crippen molar-refractivity contribution in [2.24, 2.45) is 0 Å². The summed E-state index contributed by atoms with van der Waals surface area (Å²) < 4.78 is 27.7. The molecule has 0 aliphatic carbocycles. The molecular weight excluding hydrogens is 322 g/mol. The first-order valence-electron chi connectivity index (χ1n) is 5.35. The Morgan fingerprint density at radius 2 is 2.00 bits per heavy atom. The molecule has 0 spiro atoms. The Hall–Kier alpha value is -0.780. The molecule has 1 N–H and O–H groups in total. The van der Waals surface area contributed by atoms with E-state index in [0.717, 1.165) is 14.7 Å². The molecule has 1 heterocycles. The lowest BCUT2D eigenvalue weighted by Gasteiger charge is -2.12. The van der Waals surface area contributed by atoms with E-state index in [4.69, 9.17) is 0 Å². The Morgan fingerprint density at radius 1 is 1.28 bits per heavy atom. The van der Waals surface area contributed by atoms with Crippen LogP contribution in [0.15, 0.2) is 28.1 Å². The highest BCUT2D eigenvalue weighted by molar-refractivity contribution is 9.11. The van der Waals surface area contributed by atoms with Crippen LogP contribution in [-0.2, 0) is 6.42 Å². The summed E-state index contributed by atoms with van der Waals surface area (Å²) in [6, 6.07) is 5.92. The Bertz CT molecular complexity index is 568. The highest BCUT2D eigenvalue weighted by Gasteiger charge is 2.16. The molecule has 1 nitrogen and oxygen atoms in total. The van der Waals surface area contributed by atoms with Crippen LogP contribution in [-0.4, -0.2) is 5.11 Å². The number of aliphatic hydroxyl groups is 1. The van der Waals surface area contributed by atoms with E-state index in [2.05, 4.69) is 15.9 Å². The van der Waals surface area contributed by atoms with Crippen molar-refractivity contribution in [2.75, 3.05) is 0 Å². The molecule has 0 aliphatic heterocycles. The van der Waals surface area contributed by atoms with E-state index in [1.54, 1.807) is 6.92 Å². The molecule has 18 heavy (non-hydrogen) atoms. The highest BCUT2D eigenvalue weighted by Crippen LogP contribution is 2.28. The van der Waals surface area contributed by atoms with Crippen molar-refractivity contribution in [1.29, 1.82) is 0 Å². The fourth-order valence-electron chi connectivity index (χ4n) is 1.70. The van der Waals surface area contributed by atoms with E-state index < -0.39 is 17.7 Å². The molecule has 1 atom stereocenters. The largest absolute Gasteiger partial charge is 0.388 e. The molecule has 96 valence electrons. The zero-order valence-electron chi connectivity index (χ0n) is 9.58. The molecule has 2 aromatic rings. The van der Waals surface area contributed by atoms with Crippen LogP contribution in [0, 0.1) is 18.6 Å². The molecule has 0 saturated heterocycles. The van der Waals surface area contributed by atoms with E-state index >= 15 is 0 Å². The van der Waals surface area contributed by atoms with Gasteiger partial charge < -0.3 is 5.11 Å². The summed E-state index contributed by atoms with van der Waals surface area (Å²) in [5.41, 5.74) is 0.469. The fraction of sp³-hybridized carbons (Fsp3) is 0.231. The molecule has 1 unspecified atom stereocenters. The first kappa shape index (κ1) is 13.6.